The van der Waals surface area contributed by atoms with Crippen LogP contribution in [0, 0.1) is 0 Å². The molecule has 0 fully saturated rings. The van der Waals surface area contributed by atoms with Crippen LogP contribution in [-0.4, -0.2) is 31.9 Å². The van der Waals surface area contributed by atoms with E-state index < -0.39 is 6.16 Å². The Morgan fingerprint density at radius 3 is 1.93 bits per heavy atom. The Bertz CT molecular complexity index is 134. The summed E-state index contributed by atoms with van der Waals surface area (Å²) in [5, 5.41) is 15.3. The van der Waals surface area contributed by atoms with E-state index in [1.54, 1.807) is 4.90 Å². The molecule has 0 aliphatic heterocycles. The molecule has 0 aromatic carbocycles. The maximum absolute atomic E-state index is 8.44. The number of nitrogens with one attached hydrogen (secondary N) is 1. The van der Waals surface area contributed by atoms with Gasteiger partial charge in [0.15, 0.2) is 0 Å². The maximum atomic E-state index is 8.44. The molecule has 0 aliphatic carbocycles. The van der Waals surface area contributed by atoms with Crippen LogP contribution >= 0.6 is 0 Å². The van der Waals surface area contributed by atoms with E-state index in [1.807, 2.05) is 0 Å². The largest absolute Gasteiger partial charge is 0.565 e. The van der Waals surface area contributed by atoms with Crippen molar-refractivity contribution in [3.63, 3.8) is 0 Å². The van der Waals surface area contributed by atoms with Gasteiger partial charge in [-0.15, -0.1) is 0 Å². The van der Waals surface area contributed by atoms with Crippen molar-refractivity contribution in [2.24, 2.45) is 0 Å². The standard InChI is InChI=1S/C10H23N.CH2O3/c1-4-5-6-7-8-9-10-11(2)3;2-1(3)4/h4-10H2,1-3H3;(H2,2,3,4). The Morgan fingerprint density at radius 1 is 1.13 bits per heavy atom. The van der Waals surface area contributed by atoms with E-state index in [9.17, 15) is 0 Å². The molecule has 15 heavy (non-hydrogen) atoms. The second-order valence-electron chi connectivity index (χ2n) is 3.99. The Hall–Kier alpha value is -0.770. The van der Waals surface area contributed by atoms with Crippen LogP contribution in [-0.2, 0) is 0 Å². The minimum atomic E-state index is -2.08. The molecule has 0 aromatic rings. The fourth-order valence-electron chi connectivity index (χ4n) is 1.26. The molecule has 4 heteroatoms. The van der Waals surface area contributed by atoms with E-state index in [2.05, 4.69) is 21.0 Å². The lowest BCUT2D eigenvalue weighted by Gasteiger charge is -2.05. The molecule has 2 N–H and O–H groups in total. The maximum Gasteiger partial charge on any atom is 0.249 e. The van der Waals surface area contributed by atoms with Crippen LogP contribution in [0.15, 0.2) is 0 Å². The van der Waals surface area contributed by atoms with E-state index in [-0.39, 0.29) is 0 Å². The van der Waals surface area contributed by atoms with Crippen molar-refractivity contribution in [3.8, 4) is 0 Å². The fraction of sp³-hybridized carbons (Fsp3) is 0.909. The number of rotatable bonds is 7. The SMILES string of the molecule is CCCCCCCC[NH+](C)C.O=C([O-])O. The first-order valence-corrected chi connectivity index (χ1v) is 5.69. The van der Waals surface area contributed by atoms with E-state index in [0.717, 1.165) is 0 Å². The molecule has 92 valence electrons. The number of hydrogen-bond donors (Lipinski definition) is 2. The minimum absolute atomic E-state index is 1.34. The van der Waals surface area contributed by atoms with Crippen molar-refractivity contribution in [2.75, 3.05) is 20.6 Å². The molecule has 0 aromatic heterocycles. The smallest absolute Gasteiger partial charge is 0.249 e. The highest BCUT2D eigenvalue weighted by atomic mass is 16.6. The summed E-state index contributed by atoms with van der Waals surface area (Å²) in [5.41, 5.74) is 0. The van der Waals surface area contributed by atoms with Gasteiger partial charge in [-0.25, -0.2) is 0 Å². The third-order valence-corrected chi connectivity index (χ3v) is 2.03. The fourth-order valence-corrected chi connectivity index (χ4v) is 1.26. The van der Waals surface area contributed by atoms with Gasteiger partial charge in [-0.2, -0.15) is 0 Å². The average Bonchev–Trinajstić information content (AvgIpc) is 2.09. The van der Waals surface area contributed by atoms with Gasteiger partial charge in [0.2, 0.25) is 6.16 Å². The zero-order chi connectivity index (χ0) is 12.1. The van der Waals surface area contributed by atoms with Crippen LogP contribution in [0.1, 0.15) is 45.4 Å². The van der Waals surface area contributed by atoms with E-state index in [4.69, 9.17) is 15.0 Å². The molecular weight excluding hydrogens is 194 g/mol. The van der Waals surface area contributed by atoms with Gasteiger partial charge in [0.1, 0.15) is 0 Å². The van der Waals surface area contributed by atoms with Crippen LogP contribution in [0.2, 0.25) is 0 Å². The first kappa shape index (κ1) is 16.7. The van der Waals surface area contributed by atoms with Gasteiger partial charge >= 0.3 is 0 Å². The highest BCUT2D eigenvalue weighted by Gasteiger charge is 1.93. The molecule has 4 nitrogen and oxygen atoms in total. The summed E-state index contributed by atoms with van der Waals surface area (Å²) in [6, 6.07) is 0. The van der Waals surface area contributed by atoms with Gasteiger partial charge in [-0.05, 0) is 12.8 Å². The predicted molar refractivity (Wildman–Crippen MR) is 59.1 cm³/mol. The first-order chi connectivity index (χ1) is 7.00. The summed E-state index contributed by atoms with van der Waals surface area (Å²) in [6.07, 6.45) is 6.44. The third-order valence-electron chi connectivity index (χ3n) is 2.03. The third kappa shape index (κ3) is 31.9. The van der Waals surface area contributed by atoms with E-state index >= 15 is 0 Å². The quantitative estimate of drug-likeness (QED) is 0.608. The molecule has 0 unspecified atom stereocenters. The molecular formula is C11H25NO3. The van der Waals surface area contributed by atoms with Crippen LogP contribution < -0.4 is 10.0 Å². The predicted octanol–water partition coefficient (Wildman–Crippen LogP) is 0.379. The molecule has 0 heterocycles. The Labute approximate surface area is 92.9 Å². The Kier molecular flexibility index (Phi) is 14.7. The van der Waals surface area contributed by atoms with Crippen LogP contribution in [0.4, 0.5) is 4.79 Å². The molecule has 0 atom stereocenters. The normalized spacial score (nSPS) is 9.60. The number of unbranched alkanes of at least 4 members (excludes halogenated alkanes) is 5. The minimum Gasteiger partial charge on any atom is -0.565 e. The van der Waals surface area contributed by atoms with Crippen molar-refractivity contribution < 1.29 is 19.9 Å². The number of carbonyl (C=O) groups is 1. The second kappa shape index (κ2) is 13.2. The molecule has 0 saturated carbocycles. The summed E-state index contributed by atoms with van der Waals surface area (Å²) < 4.78 is 0. The summed E-state index contributed by atoms with van der Waals surface area (Å²) in [6.45, 7) is 3.61. The lowest BCUT2D eigenvalue weighted by atomic mass is 10.1. The zero-order valence-electron chi connectivity index (χ0n) is 10.2. The highest BCUT2D eigenvalue weighted by Crippen LogP contribution is 2.03. The monoisotopic (exact) mass is 219 g/mol. The van der Waals surface area contributed by atoms with Crippen molar-refractivity contribution >= 4 is 6.16 Å². The molecule has 0 bridgehead atoms. The highest BCUT2D eigenvalue weighted by molar-refractivity contribution is 5.50. The Morgan fingerprint density at radius 2 is 1.53 bits per heavy atom. The molecule has 0 radical (unpaired) electrons. The van der Waals surface area contributed by atoms with Gasteiger partial charge in [-0.3, -0.25) is 0 Å². The van der Waals surface area contributed by atoms with Gasteiger partial charge in [-0.1, -0.05) is 32.6 Å². The number of carboxylic acid groups (broad SMARTS) is 2. The Balaban J connectivity index is 0. The van der Waals surface area contributed by atoms with E-state index in [1.165, 1.54) is 45.1 Å². The average molecular weight is 219 g/mol. The second-order valence-corrected chi connectivity index (χ2v) is 3.99. The first-order valence-electron chi connectivity index (χ1n) is 5.69. The lowest BCUT2D eigenvalue weighted by molar-refractivity contribution is -0.858. The molecule has 0 spiro atoms. The number of hydrogen-bond acceptors (Lipinski definition) is 2. The molecule has 0 amide bonds. The topological polar surface area (TPSA) is 64.8 Å². The molecule has 0 rings (SSSR count). The number of quaternary nitrogens is 1. The van der Waals surface area contributed by atoms with Crippen molar-refractivity contribution in [1.82, 2.24) is 0 Å². The van der Waals surface area contributed by atoms with E-state index in [0.29, 0.717) is 0 Å². The lowest BCUT2D eigenvalue weighted by Crippen LogP contribution is -3.05. The van der Waals surface area contributed by atoms with Crippen molar-refractivity contribution in [3.05, 3.63) is 0 Å². The van der Waals surface area contributed by atoms with Crippen LogP contribution in [0.3, 0.4) is 0 Å². The van der Waals surface area contributed by atoms with Crippen molar-refractivity contribution in [2.45, 2.75) is 45.4 Å². The summed E-state index contributed by atoms with van der Waals surface area (Å²) in [4.78, 5) is 10.0. The molecule has 0 saturated heterocycles. The summed E-state index contributed by atoms with van der Waals surface area (Å²) in [7, 11) is 4.46. The van der Waals surface area contributed by atoms with Gasteiger partial charge in [0, 0.05) is 0 Å². The zero-order valence-corrected chi connectivity index (χ0v) is 10.2. The molecule has 0 aliphatic rings. The van der Waals surface area contributed by atoms with Gasteiger partial charge in [0.25, 0.3) is 0 Å². The van der Waals surface area contributed by atoms with Crippen molar-refractivity contribution in [1.29, 1.82) is 0 Å². The summed E-state index contributed by atoms with van der Waals surface area (Å²) in [5.74, 6) is 0. The van der Waals surface area contributed by atoms with Gasteiger partial charge in [0.05, 0.1) is 20.6 Å². The van der Waals surface area contributed by atoms with Crippen LogP contribution in [0.25, 0.3) is 0 Å². The van der Waals surface area contributed by atoms with Crippen LogP contribution in [0.5, 0.6) is 0 Å². The summed E-state index contributed by atoms with van der Waals surface area (Å²) >= 11 is 0. The van der Waals surface area contributed by atoms with Gasteiger partial charge < -0.3 is 19.9 Å².